The minimum Gasteiger partial charge on any atom is -0.445 e. The quantitative estimate of drug-likeness (QED) is 0.799. The molecular weight excluding hydrogens is 387 g/mol. The van der Waals surface area contributed by atoms with E-state index >= 15 is 0 Å². The maximum Gasteiger partial charge on any atom is 0.407 e. The van der Waals surface area contributed by atoms with Gasteiger partial charge in [-0.1, -0.05) is 13.8 Å². The first-order valence-corrected chi connectivity index (χ1v) is 9.80. The van der Waals surface area contributed by atoms with Crippen molar-refractivity contribution in [2.24, 2.45) is 11.3 Å². The minimum atomic E-state index is -0.381. The highest BCUT2D eigenvalue weighted by Gasteiger charge is 2.42. The number of benzene rings is 1. The van der Waals surface area contributed by atoms with Gasteiger partial charge in [-0.25, -0.2) is 9.18 Å². The van der Waals surface area contributed by atoms with Crippen LogP contribution in [0.3, 0.4) is 0 Å². The van der Waals surface area contributed by atoms with E-state index < -0.39 is 0 Å². The van der Waals surface area contributed by atoms with Gasteiger partial charge in [0.25, 0.3) is 0 Å². The Hall–Kier alpha value is -1.14. The Morgan fingerprint density at radius 2 is 2.08 bits per heavy atom. The normalized spacial score (nSPS) is 32.3. The summed E-state index contributed by atoms with van der Waals surface area (Å²) in [5, 5.41) is 3.02. The smallest absolute Gasteiger partial charge is 0.407 e. The summed E-state index contributed by atoms with van der Waals surface area (Å²) in [5.41, 5.74) is 1.76. The van der Waals surface area contributed by atoms with Gasteiger partial charge in [-0.05, 0) is 82.9 Å². The monoisotopic (exact) mass is 410 g/mol. The van der Waals surface area contributed by atoms with E-state index in [-0.39, 0.29) is 29.5 Å². The van der Waals surface area contributed by atoms with E-state index in [1.165, 1.54) is 6.07 Å². The fourth-order valence-corrected chi connectivity index (χ4v) is 5.04. The Bertz CT molecular complexity index is 701. The van der Waals surface area contributed by atoms with Crippen LogP contribution in [0, 0.1) is 17.2 Å². The maximum absolute atomic E-state index is 14.0. The molecule has 1 N–H and O–H groups in total. The van der Waals surface area contributed by atoms with Gasteiger partial charge in [-0.3, -0.25) is 4.90 Å². The third-order valence-electron chi connectivity index (χ3n) is 6.04. The van der Waals surface area contributed by atoms with Gasteiger partial charge in [-0.2, -0.15) is 0 Å². The van der Waals surface area contributed by atoms with Gasteiger partial charge in [-0.15, -0.1) is 0 Å². The number of ether oxygens (including phenoxy) is 1. The van der Waals surface area contributed by atoms with E-state index in [9.17, 15) is 9.18 Å². The van der Waals surface area contributed by atoms with Gasteiger partial charge in [0.1, 0.15) is 11.9 Å². The highest BCUT2D eigenvalue weighted by atomic mass is 79.9. The van der Waals surface area contributed by atoms with E-state index in [1.807, 2.05) is 6.07 Å². The molecule has 4 nitrogen and oxygen atoms in total. The van der Waals surface area contributed by atoms with Crippen molar-refractivity contribution in [3.05, 3.63) is 33.5 Å². The van der Waals surface area contributed by atoms with Crippen LogP contribution in [-0.4, -0.2) is 36.7 Å². The standard InChI is InChI=1S/C19H24BrFN2O2/c1-19(2)9-12-7-14(20)15(21)8-13(12)17(19)22-18(24)25-16-10-23-5-3-11(16)4-6-23/h7-8,11,16-17H,3-6,9-10H2,1-2H3,(H,22,24)/t16-,17-/m0/s1. The zero-order valence-corrected chi connectivity index (χ0v) is 16.2. The largest absolute Gasteiger partial charge is 0.445 e. The summed E-state index contributed by atoms with van der Waals surface area (Å²) in [6.07, 6.45) is 2.61. The van der Waals surface area contributed by atoms with Gasteiger partial charge >= 0.3 is 6.09 Å². The molecule has 1 aromatic carbocycles. The van der Waals surface area contributed by atoms with Gasteiger partial charge in [0.15, 0.2) is 0 Å². The van der Waals surface area contributed by atoms with Crippen LogP contribution in [0.1, 0.15) is 43.9 Å². The lowest BCUT2D eigenvalue weighted by atomic mass is 9.85. The summed E-state index contributed by atoms with van der Waals surface area (Å²) in [6, 6.07) is 3.12. The number of fused-ring (bicyclic) bond motifs is 4. The van der Waals surface area contributed by atoms with Crippen molar-refractivity contribution in [2.75, 3.05) is 19.6 Å². The molecule has 0 saturated carbocycles. The first kappa shape index (κ1) is 17.3. The van der Waals surface area contributed by atoms with E-state index in [0.29, 0.717) is 10.4 Å². The number of amides is 1. The number of piperidine rings is 3. The molecule has 1 amide bonds. The second kappa shape index (κ2) is 6.23. The Morgan fingerprint density at radius 3 is 2.72 bits per heavy atom. The highest BCUT2D eigenvalue weighted by Crippen LogP contribution is 2.46. The van der Waals surface area contributed by atoms with Crippen molar-refractivity contribution in [1.29, 1.82) is 0 Å². The second-order valence-electron chi connectivity index (χ2n) is 8.29. The molecule has 136 valence electrons. The van der Waals surface area contributed by atoms with Crippen LogP contribution in [0.2, 0.25) is 0 Å². The van der Waals surface area contributed by atoms with E-state index in [0.717, 1.165) is 50.0 Å². The third-order valence-corrected chi connectivity index (χ3v) is 6.65. The Kier molecular flexibility index (Phi) is 4.31. The molecular formula is C19H24BrFN2O2. The molecule has 0 aromatic heterocycles. The van der Waals surface area contributed by atoms with Gasteiger partial charge < -0.3 is 10.1 Å². The predicted octanol–water partition coefficient (Wildman–Crippen LogP) is 4.03. The highest BCUT2D eigenvalue weighted by molar-refractivity contribution is 9.10. The van der Waals surface area contributed by atoms with Gasteiger partial charge in [0.05, 0.1) is 10.5 Å². The summed E-state index contributed by atoms with van der Waals surface area (Å²) in [6.45, 7) is 7.26. The number of alkyl carbamates (subject to hydrolysis) is 1. The van der Waals surface area contributed by atoms with Gasteiger partial charge in [0.2, 0.25) is 0 Å². The molecule has 3 fully saturated rings. The lowest BCUT2D eigenvalue weighted by molar-refractivity contribution is -0.0349. The fourth-order valence-electron chi connectivity index (χ4n) is 4.65. The number of carbonyl (C=O) groups is 1. The summed E-state index contributed by atoms with van der Waals surface area (Å²) in [7, 11) is 0. The van der Waals surface area contributed by atoms with E-state index in [4.69, 9.17) is 4.74 Å². The molecule has 2 atom stereocenters. The van der Waals surface area contributed by atoms with Crippen LogP contribution in [0.15, 0.2) is 16.6 Å². The number of hydrogen-bond donors (Lipinski definition) is 1. The molecule has 4 aliphatic rings. The van der Waals surface area contributed by atoms with E-state index in [1.54, 1.807) is 0 Å². The van der Waals surface area contributed by atoms with Crippen molar-refractivity contribution >= 4 is 22.0 Å². The van der Waals surface area contributed by atoms with Crippen LogP contribution in [0.4, 0.5) is 9.18 Å². The zero-order chi connectivity index (χ0) is 17.8. The number of hydrogen-bond acceptors (Lipinski definition) is 3. The van der Waals surface area contributed by atoms with Crippen LogP contribution < -0.4 is 5.32 Å². The Morgan fingerprint density at radius 1 is 1.36 bits per heavy atom. The molecule has 0 radical (unpaired) electrons. The summed E-state index contributed by atoms with van der Waals surface area (Å²) >= 11 is 3.25. The molecule has 1 aliphatic carbocycles. The summed E-state index contributed by atoms with van der Waals surface area (Å²) in [5.74, 6) is 0.182. The number of nitrogens with one attached hydrogen (secondary N) is 1. The lowest BCUT2D eigenvalue weighted by Crippen LogP contribution is -2.53. The van der Waals surface area contributed by atoms with Crippen molar-refractivity contribution in [1.82, 2.24) is 10.2 Å². The molecule has 25 heavy (non-hydrogen) atoms. The lowest BCUT2D eigenvalue weighted by Gasteiger charge is -2.44. The maximum atomic E-state index is 14.0. The molecule has 0 unspecified atom stereocenters. The van der Waals surface area contributed by atoms with Gasteiger partial charge in [0, 0.05) is 6.54 Å². The average Bonchev–Trinajstić information content (AvgIpc) is 2.79. The molecule has 1 aromatic rings. The molecule has 2 bridgehead atoms. The first-order chi connectivity index (χ1) is 11.8. The number of rotatable bonds is 2. The van der Waals surface area contributed by atoms with Crippen molar-refractivity contribution in [3.63, 3.8) is 0 Å². The topological polar surface area (TPSA) is 41.6 Å². The third kappa shape index (κ3) is 3.19. The Balaban J connectivity index is 1.48. The van der Waals surface area contributed by atoms with Crippen LogP contribution in [0.5, 0.6) is 0 Å². The van der Waals surface area contributed by atoms with Crippen molar-refractivity contribution < 1.29 is 13.9 Å². The minimum absolute atomic E-state index is 0.0202. The molecule has 3 aliphatic heterocycles. The molecule has 5 rings (SSSR count). The summed E-state index contributed by atoms with van der Waals surface area (Å²) < 4.78 is 20.2. The average molecular weight is 411 g/mol. The van der Waals surface area contributed by atoms with E-state index in [2.05, 4.69) is 40.0 Å². The zero-order valence-electron chi connectivity index (χ0n) is 14.6. The van der Waals surface area contributed by atoms with Crippen LogP contribution >= 0.6 is 15.9 Å². The molecule has 3 heterocycles. The van der Waals surface area contributed by atoms with Crippen molar-refractivity contribution in [2.45, 2.75) is 45.3 Å². The molecule has 3 saturated heterocycles. The second-order valence-corrected chi connectivity index (χ2v) is 9.14. The Labute approximate surface area is 156 Å². The first-order valence-electron chi connectivity index (χ1n) is 9.01. The number of carbonyl (C=O) groups excluding carboxylic acids is 1. The molecule has 6 heteroatoms. The van der Waals surface area contributed by atoms with Crippen LogP contribution in [-0.2, 0) is 11.2 Å². The number of halogens is 2. The molecule has 0 spiro atoms. The fraction of sp³-hybridized carbons (Fsp3) is 0.632. The summed E-state index contributed by atoms with van der Waals surface area (Å²) in [4.78, 5) is 14.9. The predicted molar refractivity (Wildman–Crippen MR) is 96.9 cm³/mol. The van der Waals surface area contributed by atoms with Crippen LogP contribution in [0.25, 0.3) is 0 Å². The SMILES string of the molecule is CC1(C)Cc2cc(Br)c(F)cc2[C@@H]1NC(=O)O[C@H]1CN2CCC1CC2. The van der Waals surface area contributed by atoms with Crippen molar-refractivity contribution in [3.8, 4) is 0 Å². The number of nitrogens with zero attached hydrogens (tertiary/aromatic N) is 1.